The largest absolute Gasteiger partial charge is 0.496 e. The minimum Gasteiger partial charge on any atom is -0.496 e. The number of benzene rings is 3. The number of carbonyl (C=O) groups excluding carboxylic acids is 1. The number of carbonyl (C=O) groups is 1. The molecule has 4 rings (SSSR count). The fraction of sp³-hybridized carbons (Fsp3) is 0.154. The van der Waals surface area contributed by atoms with Crippen molar-refractivity contribution in [2.45, 2.75) is 6.42 Å². The summed E-state index contributed by atoms with van der Waals surface area (Å²) in [4.78, 5) is 20.5. The quantitative estimate of drug-likeness (QED) is 0.341. The molecule has 0 spiro atoms. The normalized spacial score (nSPS) is 16.0. The standard InChI is InChI=1S/C26H23BrN2O3S/c1-31-22-17-23(32-2)21(27)15-19(22)16-24-25(30)29(14-13-18-9-5-3-6-10-18)26(33-24)28-20-11-7-4-8-12-20/h3-12,15-17H,13-14H2,1-2H3/b24-16+,28-26?. The van der Waals surface area contributed by atoms with E-state index in [2.05, 4.69) is 28.1 Å². The molecule has 0 saturated carbocycles. The van der Waals surface area contributed by atoms with E-state index in [0.29, 0.717) is 28.1 Å². The number of nitrogens with zero attached hydrogens (tertiary/aromatic N) is 2. The Morgan fingerprint density at radius 3 is 2.30 bits per heavy atom. The van der Waals surface area contributed by atoms with E-state index in [1.54, 1.807) is 25.2 Å². The highest BCUT2D eigenvalue weighted by atomic mass is 79.9. The third kappa shape index (κ3) is 5.49. The van der Waals surface area contributed by atoms with Crippen molar-refractivity contribution in [1.29, 1.82) is 0 Å². The van der Waals surface area contributed by atoms with Crippen LogP contribution in [0.25, 0.3) is 6.08 Å². The van der Waals surface area contributed by atoms with Crippen molar-refractivity contribution in [3.05, 3.63) is 93.3 Å². The highest BCUT2D eigenvalue weighted by Crippen LogP contribution is 2.38. The van der Waals surface area contributed by atoms with Gasteiger partial charge in [0.15, 0.2) is 5.17 Å². The van der Waals surface area contributed by atoms with Crippen molar-refractivity contribution >= 4 is 50.5 Å². The molecule has 1 saturated heterocycles. The number of aliphatic imine (C=N–C) groups is 1. The van der Waals surface area contributed by atoms with E-state index < -0.39 is 0 Å². The molecule has 0 radical (unpaired) electrons. The van der Waals surface area contributed by atoms with Crippen molar-refractivity contribution < 1.29 is 14.3 Å². The van der Waals surface area contributed by atoms with Crippen LogP contribution in [0.4, 0.5) is 5.69 Å². The molecule has 1 fully saturated rings. The van der Waals surface area contributed by atoms with Crippen LogP contribution in [0, 0.1) is 0 Å². The Kier molecular flexibility index (Phi) is 7.52. The van der Waals surface area contributed by atoms with Crippen LogP contribution in [0.15, 0.2) is 87.2 Å². The number of rotatable bonds is 7. The molecule has 3 aromatic rings. The van der Waals surface area contributed by atoms with Gasteiger partial charge in [-0.2, -0.15) is 0 Å². The second kappa shape index (κ2) is 10.7. The molecule has 7 heteroatoms. The van der Waals surface area contributed by atoms with Gasteiger partial charge in [0, 0.05) is 18.2 Å². The van der Waals surface area contributed by atoms with Crippen molar-refractivity contribution in [3.8, 4) is 11.5 Å². The molecule has 0 unspecified atom stereocenters. The van der Waals surface area contributed by atoms with Crippen LogP contribution < -0.4 is 9.47 Å². The van der Waals surface area contributed by atoms with Crippen LogP contribution in [0.1, 0.15) is 11.1 Å². The zero-order valence-electron chi connectivity index (χ0n) is 18.3. The Hall–Kier alpha value is -3.03. The maximum Gasteiger partial charge on any atom is 0.266 e. The molecule has 168 valence electrons. The Morgan fingerprint density at radius 1 is 0.970 bits per heavy atom. The number of amides is 1. The fourth-order valence-corrected chi connectivity index (χ4v) is 4.96. The molecule has 0 atom stereocenters. The molecule has 1 amide bonds. The molecule has 1 heterocycles. The predicted octanol–water partition coefficient (Wildman–Crippen LogP) is 6.31. The first-order valence-corrected chi connectivity index (χ1v) is 12.0. The van der Waals surface area contributed by atoms with Crippen LogP contribution in [0.5, 0.6) is 11.5 Å². The molecule has 0 N–H and O–H groups in total. The molecular formula is C26H23BrN2O3S. The van der Waals surface area contributed by atoms with Crippen LogP contribution in [-0.4, -0.2) is 36.7 Å². The average Bonchev–Trinajstić information content (AvgIpc) is 3.13. The van der Waals surface area contributed by atoms with E-state index in [9.17, 15) is 4.79 Å². The first kappa shape index (κ1) is 23.1. The summed E-state index contributed by atoms with van der Waals surface area (Å²) in [6, 6.07) is 23.5. The summed E-state index contributed by atoms with van der Waals surface area (Å²) in [5, 5.41) is 0.667. The highest BCUT2D eigenvalue weighted by Gasteiger charge is 2.33. The summed E-state index contributed by atoms with van der Waals surface area (Å²) < 4.78 is 11.7. The van der Waals surface area contributed by atoms with Gasteiger partial charge in [0.25, 0.3) is 5.91 Å². The Bertz CT molecular complexity index is 1200. The number of thioether (sulfide) groups is 1. The van der Waals surface area contributed by atoms with E-state index in [1.165, 1.54) is 17.3 Å². The smallest absolute Gasteiger partial charge is 0.266 e. The van der Waals surface area contributed by atoms with Crippen molar-refractivity contribution in [2.75, 3.05) is 20.8 Å². The third-order valence-corrected chi connectivity index (χ3v) is 6.75. The lowest BCUT2D eigenvalue weighted by Crippen LogP contribution is -2.31. The molecule has 5 nitrogen and oxygen atoms in total. The Labute approximate surface area is 206 Å². The molecule has 33 heavy (non-hydrogen) atoms. The second-order valence-electron chi connectivity index (χ2n) is 7.26. The van der Waals surface area contributed by atoms with E-state index in [-0.39, 0.29) is 5.91 Å². The molecule has 3 aromatic carbocycles. The fourth-order valence-electron chi connectivity index (χ4n) is 3.42. The monoisotopic (exact) mass is 522 g/mol. The van der Waals surface area contributed by atoms with Crippen LogP contribution in [0.2, 0.25) is 0 Å². The van der Waals surface area contributed by atoms with E-state index in [0.717, 1.165) is 22.1 Å². The molecule has 0 aliphatic carbocycles. The minimum absolute atomic E-state index is 0.0698. The second-order valence-corrected chi connectivity index (χ2v) is 9.13. The summed E-state index contributed by atoms with van der Waals surface area (Å²) in [6.45, 7) is 0.544. The van der Waals surface area contributed by atoms with Gasteiger partial charge in [0.05, 0.1) is 29.3 Å². The zero-order chi connectivity index (χ0) is 23.2. The van der Waals surface area contributed by atoms with Gasteiger partial charge in [0.1, 0.15) is 11.5 Å². The average molecular weight is 523 g/mol. The van der Waals surface area contributed by atoms with E-state index in [4.69, 9.17) is 14.5 Å². The van der Waals surface area contributed by atoms with Gasteiger partial charge >= 0.3 is 0 Å². The lowest BCUT2D eigenvalue weighted by molar-refractivity contribution is -0.122. The molecular weight excluding hydrogens is 500 g/mol. The van der Waals surface area contributed by atoms with Gasteiger partial charge in [-0.25, -0.2) is 4.99 Å². The first-order chi connectivity index (χ1) is 16.1. The number of ether oxygens (including phenoxy) is 2. The molecule has 0 aromatic heterocycles. The maximum absolute atomic E-state index is 13.4. The van der Waals surface area contributed by atoms with Gasteiger partial charge in [-0.05, 0) is 64.0 Å². The summed E-state index contributed by atoms with van der Waals surface area (Å²) in [5.41, 5.74) is 2.76. The van der Waals surface area contributed by atoms with Gasteiger partial charge in [0.2, 0.25) is 0 Å². The molecule has 1 aliphatic heterocycles. The lowest BCUT2D eigenvalue weighted by atomic mass is 10.1. The van der Waals surface area contributed by atoms with Crippen LogP contribution >= 0.6 is 27.7 Å². The summed E-state index contributed by atoms with van der Waals surface area (Å²) in [6.07, 6.45) is 2.59. The lowest BCUT2D eigenvalue weighted by Gasteiger charge is -2.15. The number of hydrogen-bond acceptors (Lipinski definition) is 5. The molecule has 1 aliphatic rings. The number of amidine groups is 1. The van der Waals surface area contributed by atoms with Crippen molar-refractivity contribution in [1.82, 2.24) is 4.90 Å². The maximum atomic E-state index is 13.4. The minimum atomic E-state index is -0.0698. The zero-order valence-corrected chi connectivity index (χ0v) is 20.7. The van der Waals surface area contributed by atoms with Gasteiger partial charge in [-0.15, -0.1) is 0 Å². The van der Waals surface area contributed by atoms with Crippen LogP contribution in [-0.2, 0) is 11.2 Å². The Morgan fingerprint density at radius 2 is 1.64 bits per heavy atom. The Balaban J connectivity index is 1.68. The summed E-state index contributed by atoms with van der Waals surface area (Å²) >= 11 is 4.89. The van der Waals surface area contributed by atoms with Gasteiger partial charge in [-0.1, -0.05) is 48.5 Å². The SMILES string of the molecule is COc1cc(OC)c(/C=C2/SC(=Nc3ccccc3)N(CCc3ccccc3)C2=O)cc1Br. The highest BCUT2D eigenvalue weighted by molar-refractivity contribution is 9.10. The number of methoxy groups -OCH3 is 2. The topological polar surface area (TPSA) is 51.1 Å². The van der Waals surface area contributed by atoms with E-state index >= 15 is 0 Å². The first-order valence-electron chi connectivity index (χ1n) is 10.4. The number of halogens is 1. The van der Waals surface area contributed by atoms with Crippen molar-refractivity contribution in [2.24, 2.45) is 4.99 Å². The predicted molar refractivity (Wildman–Crippen MR) is 138 cm³/mol. The third-order valence-electron chi connectivity index (χ3n) is 5.13. The van der Waals surface area contributed by atoms with E-state index in [1.807, 2.05) is 60.7 Å². The van der Waals surface area contributed by atoms with Crippen LogP contribution in [0.3, 0.4) is 0 Å². The number of para-hydroxylation sites is 1. The summed E-state index contributed by atoms with van der Waals surface area (Å²) in [5.74, 6) is 1.22. The summed E-state index contributed by atoms with van der Waals surface area (Å²) in [7, 11) is 3.20. The molecule has 0 bridgehead atoms. The van der Waals surface area contributed by atoms with Gasteiger partial charge < -0.3 is 9.47 Å². The van der Waals surface area contributed by atoms with Gasteiger partial charge in [-0.3, -0.25) is 9.69 Å². The van der Waals surface area contributed by atoms with Crippen molar-refractivity contribution in [3.63, 3.8) is 0 Å². The number of hydrogen-bond donors (Lipinski definition) is 0.